The van der Waals surface area contributed by atoms with Crippen LogP contribution in [-0.4, -0.2) is 31.1 Å². The van der Waals surface area contributed by atoms with Crippen LogP contribution in [0.15, 0.2) is 18.2 Å². The summed E-state index contributed by atoms with van der Waals surface area (Å²) in [5.74, 6) is -1.10. The maximum Gasteiger partial charge on any atom is 0.335 e. The maximum atomic E-state index is 11.8. The minimum Gasteiger partial charge on any atom is -0.478 e. The molecule has 0 aromatic heterocycles. The molecule has 0 unspecified atom stereocenters. The van der Waals surface area contributed by atoms with Gasteiger partial charge >= 0.3 is 5.97 Å². The van der Waals surface area contributed by atoms with E-state index in [-0.39, 0.29) is 11.5 Å². The molecule has 0 saturated carbocycles. The number of rotatable bonds is 6. The average molecular weight is 264 g/mol. The Hall–Kier alpha value is -2.04. The summed E-state index contributed by atoms with van der Waals surface area (Å²) < 4.78 is 0. The lowest BCUT2D eigenvalue weighted by atomic mass is 10.1. The second-order valence-corrected chi connectivity index (χ2v) is 4.58. The Labute approximate surface area is 113 Å². The number of carbonyl (C=O) groups is 2. The minimum atomic E-state index is -1.01. The van der Waals surface area contributed by atoms with E-state index in [0.717, 1.165) is 18.5 Å². The van der Waals surface area contributed by atoms with Crippen LogP contribution < -0.4 is 10.2 Å². The monoisotopic (exact) mass is 264 g/mol. The molecule has 1 aromatic rings. The van der Waals surface area contributed by atoms with Gasteiger partial charge in [0, 0.05) is 20.5 Å². The predicted octanol–water partition coefficient (Wildman–Crippen LogP) is 2.58. The fraction of sp³-hybridized carbons (Fsp3) is 0.429. The van der Waals surface area contributed by atoms with E-state index in [9.17, 15) is 9.59 Å². The Kier molecular flexibility index (Phi) is 5.36. The highest BCUT2D eigenvalue weighted by atomic mass is 16.4. The van der Waals surface area contributed by atoms with Gasteiger partial charge < -0.3 is 15.3 Å². The number of unbranched alkanes of at least 4 members (excludes halogenated alkanes) is 1. The molecule has 1 aromatic carbocycles. The van der Waals surface area contributed by atoms with Gasteiger partial charge in [-0.15, -0.1) is 0 Å². The molecule has 0 radical (unpaired) electrons. The number of carboxylic acids is 1. The van der Waals surface area contributed by atoms with E-state index in [1.165, 1.54) is 12.1 Å². The second-order valence-electron chi connectivity index (χ2n) is 4.58. The molecule has 0 saturated heterocycles. The molecule has 5 heteroatoms. The molecule has 0 fully saturated rings. The van der Waals surface area contributed by atoms with Crippen LogP contribution in [0.2, 0.25) is 0 Å². The number of nitrogens with zero attached hydrogens (tertiary/aromatic N) is 1. The smallest absolute Gasteiger partial charge is 0.335 e. The normalized spacial score (nSPS) is 10.1. The molecule has 0 spiro atoms. The van der Waals surface area contributed by atoms with Crippen molar-refractivity contribution in [1.29, 1.82) is 0 Å². The van der Waals surface area contributed by atoms with Crippen LogP contribution in [0.3, 0.4) is 0 Å². The van der Waals surface area contributed by atoms with Crippen molar-refractivity contribution in [1.82, 2.24) is 0 Å². The van der Waals surface area contributed by atoms with Gasteiger partial charge in [0.1, 0.15) is 0 Å². The number of anilines is 2. The zero-order chi connectivity index (χ0) is 14.4. The zero-order valence-electron chi connectivity index (χ0n) is 11.6. The summed E-state index contributed by atoms with van der Waals surface area (Å²) in [6, 6.07) is 4.71. The maximum absolute atomic E-state index is 11.8. The first-order valence-electron chi connectivity index (χ1n) is 6.30. The van der Waals surface area contributed by atoms with Crippen LogP contribution in [-0.2, 0) is 4.79 Å². The largest absolute Gasteiger partial charge is 0.478 e. The molecule has 1 rings (SSSR count). The number of hydrogen-bond acceptors (Lipinski definition) is 3. The zero-order valence-corrected chi connectivity index (χ0v) is 11.6. The number of benzene rings is 1. The number of carbonyl (C=O) groups excluding carboxylic acids is 1. The SMILES string of the molecule is CCCCC(=O)Nc1cc(C(=O)O)ccc1N(C)C. The van der Waals surface area contributed by atoms with Crippen LogP contribution in [0.25, 0.3) is 0 Å². The first-order valence-corrected chi connectivity index (χ1v) is 6.30. The van der Waals surface area contributed by atoms with Crippen LogP contribution in [0.4, 0.5) is 11.4 Å². The van der Waals surface area contributed by atoms with Crippen molar-refractivity contribution in [2.75, 3.05) is 24.3 Å². The highest BCUT2D eigenvalue weighted by Crippen LogP contribution is 2.26. The molecule has 19 heavy (non-hydrogen) atoms. The van der Waals surface area contributed by atoms with Crippen molar-refractivity contribution in [3.63, 3.8) is 0 Å². The third-order valence-electron chi connectivity index (χ3n) is 2.76. The van der Waals surface area contributed by atoms with Crippen LogP contribution >= 0.6 is 0 Å². The van der Waals surface area contributed by atoms with E-state index < -0.39 is 5.97 Å². The van der Waals surface area contributed by atoms with Crippen LogP contribution in [0.5, 0.6) is 0 Å². The Morgan fingerprint density at radius 2 is 2.00 bits per heavy atom. The standard InChI is InChI=1S/C14H20N2O3/c1-4-5-6-13(17)15-11-9-10(14(18)19)7-8-12(11)16(2)3/h7-9H,4-6H2,1-3H3,(H,15,17)(H,18,19). The van der Waals surface area contributed by atoms with E-state index in [1.807, 2.05) is 25.9 Å². The summed E-state index contributed by atoms with van der Waals surface area (Å²) in [5, 5.41) is 11.8. The third kappa shape index (κ3) is 4.28. The van der Waals surface area contributed by atoms with E-state index in [4.69, 9.17) is 5.11 Å². The lowest BCUT2D eigenvalue weighted by Crippen LogP contribution is -2.17. The molecule has 5 nitrogen and oxygen atoms in total. The molecule has 1 amide bonds. The topological polar surface area (TPSA) is 69.6 Å². The highest BCUT2D eigenvalue weighted by molar-refractivity contribution is 5.97. The number of amides is 1. The van der Waals surface area contributed by atoms with Gasteiger partial charge in [-0.1, -0.05) is 13.3 Å². The summed E-state index contributed by atoms with van der Waals surface area (Å²) >= 11 is 0. The Morgan fingerprint density at radius 3 is 2.53 bits per heavy atom. The number of carboxylic acid groups (broad SMARTS) is 1. The summed E-state index contributed by atoms with van der Waals surface area (Å²) in [6.07, 6.45) is 2.21. The molecule has 0 bridgehead atoms. The number of aromatic carboxylic acids is 1. The van der Waals surface area contributed by atoms with Gasteiger partial charge in [0.25, 0.3) is 0 Å². The molecule has 104 valence electrons. The molecule has 0 atom stereocenters. The van der Waals surface area contributed by atoms with E-state index in [0.29, 0.717) is 12.1 Å². The van der Waals surface area contributed by atoms with Gasteiger partial charge in [-0.05, 0) is 24.6 Å². The number of hydrogen-bond donors (Lipinski definition) is 2. The van der Waals surface area contributed by atoms with Crippen molar-refractivity contribution in [3.05, 3.63) is 23.8 Å². The van der Waals surface area contributed by atoms with Gasteiger partial charge in [-0.3, -0.25) is 4.79 Å². The van der Waals surface area contributed by atoms with E-state index in [1.54, 1.807) is 6.07 Å². The first-order chi connectivity index (χ1) is 8.95. The van der Waals surface area contributed by atoms with Crippen molar-refractivity contribution in [3.8, 4) is 0 Å². The van der Waals surface area contributed by atoms with Crippen molar-refractivity contribution < 1.29 is 14.7 Å². The Balaban J connectivity index is 2.97. The average Bonchev–Trinajstić information content (AvgIpc) is 2.35. The molecular weight excluding hydrogens is 244 g/mol. The molecule has 0 aliphatic carbocycles. The lowest BCUT2D eigenvalue weighted by molar-refractivity contribution is -0.116. The van der Waals surface area contributed by atoms with Gasteiger partial charge in [0.05, 0.1) is 16.9 Å². The van der Waals surface area contributed by atoms with Gasteiger partial charge in [0.15, 0.2) is 0 Å². The third-order valence-corrected chi connectivity index (χ3v) is 2.76. The molecule has 2 N–H and O–H groups in total. The molecular formula is C14H20N2O3. The molecule has 0 aliphatic rings. The summed E-state index contributed by atoms with van der Waals surface area (Å²) in [5.41, 5.74) is 1.48. The number of nitrogens with one attached hydrogen (secondary N) is 1. The van der Waals surface area contributed by atoms with Crippen LogP contribution in [0, 0.1) is 0 Å². The molecule has 0 heterocycles. The Bertz CT molecular complexity index is 470. The van der Waals surface area contributed by atoms with Crippen molar-refractivity contribution in [2.24, 2.45) is 0 Å². The van der Waals surface area contributed by atoms with E-state index >= 15 is 0 Å². The lowest BCUT2D eigenvalue weighted by Gasteiger charge is -2.18. The Morgan fingerprint density at radius 1 is 1.32 bits per heavy atom. The van der Waals surface area contributed by atoms with Crippen molar-refractivity contribution in [2.45, 2.75) is 26.2 Å². The quantitative estimate of drug-likeness (QED) is 0.828. The summed E-state index contributed by atoms with van der Waals surface area (Å²) in [7, 11) is 3.69. The highest BCUT2D eigenvalue weighted by Gasteiger charge is 2.12. The first kappa shape index (κ1) is 15.0. The van der Waals surface area contributed by atoms with Gasteiger partial charge in [-0.25, -0.2) is 4.79 Å². The fourth-order valence-electron chi connectivity index (χ4n) is 1.71. The second kappa shape index (κ2) is 6.78. The predicted molar refractivity (Wildman–Crippen MR) is 75.9 cm³/mol. The fourth-order valence-corrected chi connectivity index (χ4v) is 1.71. The van der Waals surface area contributed by atoms with Crippen molar-refractivity contribution >= 4 is 23.3 Å². The van der Waals surface area contributed by atoms with Gasteiger partial charge in [0.2, 0.25) is 5.91 Å². The summed E-state index contributed by atoms with van der Waals surface area (Å²) in [4.78, 5) is 24.6. The van der Waals surface area contributed by atoms with Gasteiger partial charge in [-0.2, -0.15) is 0 Å². The summed E-state index contributed by atoms with van der Waals surface area (Å²) in [6.45, 7) is 2.02. The minimum absolute atomic E-state index is 0.0903. The van der Waals surface area contributed by atoms with E-state index in [2.05, 4.69) is 5.32 Å². The van der Waals surface area contributed by atoms with Crippen LogP contribution in [0.1, 0.15) is 36.5 Å². The molecule has 0 aliphatic heterocycles.